The molecule has 1 N–H and O–H groups in total. The molecule has 5 aromatic rings. The predicted octanol–water partition coefficient (Wildman–Crippen LogP) is 3.18. The molecule has 6 rings (SSSR count). The Morgan fingerprint density at radius 1 is 1.14 bits per heavy atom. The number of fused-ring (bicyclic) bond motifs is 3. The largest absolute Gasteiger partial charge is 0.324 e. The smallest absolute Gasteiger partial charge is 0.232 e. The van der Waals surface area contributed by atoms with Crippen molar-refractivity contribution < 1.29 is 4.79 Å². The molecule has 0 radical (unpaired) electrons. The highest BCUT2D eigenvalue weighted by Gasteiger charge is 2.48. The average Bonchev–Trinajstić information content (AvgIpc) is 3.60. The minimum Gasteiger partial charge on any atom is -0.324 e. The van der Waals surface area contributed by atoms with E-state index >= 15 is 0 Å². The quantitative estimate of drug-likeness (QED) is 0.395. The molecule has 1 amide bonds. The number of carbonyl (C=O) groups is 1. The first-order valence-corrected chi connectivity index (χ1v) is 11.5. The second kappa shape index (κ2) is 7.85. The number of aryl methyl sites for hydroxylation is 1. The van der Waals surface area contributed by atoms with Gasteiger partial charge in [-0.1, -0.05) is 23.2 Å². The summed E-state index contributed by atoms with van der Waals surface area (Å²) in [4.78, 5) is 23.7. The van der Waals surface area contributed by atoms with Gasteiger partial charge in [0.1, 0.15) is 0 Å². The van der Waals surface area contributed by atoms with E-state index in [2.05, 4.69) is 42.6 Å². The molecule has 11 nitrogen and oxygen atoms in total. The zero-order chi connectivity index (χ0) is 24.3. The Morgan fingerprint density at radius 2 is 1.94 bits per heavy atom. The molecule has 0 unspecified atom stereocenters. The zero-order valence-corrected chi connectivity index (χ0v) is 20.1. The molecule has 0 saturated carbocycles. The first-order chi connectivity index (χ1) is 16.8. The van der Waals surface area contributed by atoms with Crippen molar-refractivity contribution in [3.05, 3.63) is 76.3 Å². The van der Waals surface area contributed by atoms with Gasteiger partial charge in [0.15, 0.2) is 16.6 Å². The normalized spacial score (nSPS) is 19.3. The van der Waals surface area contributed by atoms with Crippen LogP contribution in [-0.4, -0.2) is 50.3 Å². The van der Waals surface area contributed by atoms with Gasteiger partial charge < -0.3 is 5.32 Å². The number of rotatable bonds is 4. The van der Waals surface area contributed by atoms with Crippen molar-refractivity contribution >= 4 is 40.4 Å². The zero-order valence-electron chi connectivity index (χ0n) is 18.6. The third-order valence-electron chi connectivity index (χ3n) is 6.29. The van der Waals surface area contributed by atoms with Crippen LogP contribution in [0.3, 0.4) is 0 Å². The van der Waals surface area contributed by atoms with Crippen molar-refractivity contribution in [1.29, 1.82) is 0 Å². The second-order valence-corrected chi connectivity index (χ2v) is 9.39. The third-order valence-corrected chi connectivity index (χ3v) is 6.75. The minimum absolute atomic E-state index is 0.215. The molecule has 0 aromatic carbocycles. The molecular formula is C22H18Cl2N10O. The molecule has 0 saturated heterocycles. The van der Waals surface area contributed by atoms with Crippen molar-refractivity contribution in [2.24, 2.45) is 7.05 Å². The summed E-state index contributed by atoms with van der Waals surface area (Å²) in [5, 5.41) is 20.7. The van der Waals surface area contributed by atoms with Crippen LogP contribution in [0.2, 0.25) is 10.2 Å². The number of hydrogen-bond acceptors (Lipinski definition) is 7. The minimum atomic E-state index is -0.597. The molecule has 2 atom stereocenters. The fourth-order valence-electron chi connectivity index (χ4n) is 4.71. The summed E-state index contributed by atoms with van der Waals surface area (Å²) in [6.45, 7) is 2.06. The van der Waals surface area contributed by atoms with Gasteiger partial charge in [-0.2, -0.15) is 20.4 Å². The van der Waals surface area contributed by atoms with Crippen LogP contribution in [0.5, 0.6) is 0 Å². The lowest BCUT2D eigenvalue weighted by Gasteiger charge is -2.23. The lowest BCUT2D eigenvalue weighted by atomic mass is 9.82. The lowest BCUT2D eigenvalue weighted by molar-refractivity contribution is -0.117. The van der Waals surface area contributed by atoms with Gasteiger partial charge in [0.2, 0.25) is 5.91 Å². The van der Waals surface area contributed by atoms with E-state index in [9.17, 15) is 4.79 Å². The van der Waals surface area contributed by atoms with Crippen LogP contribution in [0.25, 0.3) is 11.5 Å². The molecular weight excluding hydrogens is 491 g/mol. The van der Waals surface area contributed by atoms with Gasteiger partial charge in [0.05, 0.1) is 52.0 Å². The average molecular weight is 509 g/mol. The monoisotopic (exact) mass is 508 g/mol. The Kier molecular flexibility index (Phi) is 4.87. The Bertz CT molecular complexity index is 1590. The number of anilines is 1. The Hall–Kier alpha value is -3.83. The van der Waals surface area contributed by atoms with Gasteiger partial charge in [0.25, 0.3) is 0 Å². The van der Waals surface area contributed by atoms with E-state index in [0.29, 0.717) is 33.7 Å². The Morgan fingerprint density at radius 3 is 2.66 bits per heavy atom. The molecule has 176 valence electrons. The topological polar surface area (TPSA) is 121 Å². The first-order valence-electron chi connectivity index (χ1n) is 10.7. The molecule has 0 aliphatic heterocycles. The predicted molar refractivity (Wildman–Crippen MR) is 128 cm³/mol. The van der Waals surface area contributed by atoms with E-state index in [0.717, 1.165) is 17.0 Å². The second-order valence-electron chi connectivity index (χ2n) is 8.60. The van der Waals surface area contributed by atoms with E-state index in [1.165, 1.54) is 23.4 Å². The van der Waals surface area contributed by atoms with Crippen molar-refractivity contribution in [2.75, 3.05) is 5.32 Å². The Balaban J connectivity index is 1.38. The molecule has 5 heterocycles. The standard InChI is InChI=1S/C22H18Cl2N10O/c1-22(16-3-6-32(2)30-16)9-13(14-11-25-18-8-17(24)31-33(18)19(14)22)21(35)29-12-7-15(23)20(26-10-12)34-27-4-5-28-34/h3-8,10-11,13H,9H2,1-2H3,(H,29,35)/t13-,22-/m1/s1. The number of aromatic nitrogens is 9. The van der Waals surface area contributed by atoms with Gasteiger partial charge in [-0.05, 0) is 25.5 Å². The summed E-state index contributed by atoms with van der Waals surface area (Å²) in [7, 11) is 1.86. The van der Waals surface area contributed by atoms with Crippen LogP contribution in [0.15, 0.2) is 49.2 Å². The van der Waals surface area contributed by atoms with Crippen LogP contribution < -0.4 is 5.32 Å². The van der Waals surface area contributed by atoms with Gasteiger partial charge in [-0.25, -0.2) is 14.5 Å². The van der Waals surface area contributed by atoms with Crippen LogP contribution >= 0.6 is 23.2 Å². The van der Waals surface area contributed by atoms with Gasteiger partial charge in [-0.15, -0.1) is 4.80 Å². The molecule has 1 aliphatic rings. The third kappa shape index (κ3) is 3.46. The maximum Gasteiger partial charge on any atom is 0.232 e. The first kappa shape index (κ1) is 21.7. The maximum absolute atomic E-state index is 13.5. The molecule has 0 bridgehead atoms. The number of nitrogens with one attached hydrogen (secondary N) is 1. The lowest BCUT2D eigenvalue weighted by Crippen LogP contribution is -2.26. The number of pyridine rings is 1. The fraction of sp³-hybridized carbons (Fsp3) is 0.227. The molecule has 0 fully saturated rings. The van der Waals surface area contributed by atoms with Crippen molar-refractivity contribution in [2.45, 2.75) is 24.7 Å². The highest BCUT2D eigenvalue weighted by atomic mass is 35.5. The van der Waals surface area contributed by atoms with E-state index in [4.69, 9.17) is 23.2 Å². The van der Waals surface area contributed by atoms with Gasteiger partial charge in [-0.3, -0.25) is 9.48 Å². The van der Waals surface area contributed by atoms with Crippen LogP contribution in [0.1, 0.15) is 36.2 Å². The van der Waals surface area contributed by atoms with Crippen LogP contribution in [0, 0.1) is 0 Å². The summed E-state index contributed by atoms with van der Waals surface area (Å²) in [6.07, 6.45) is 8.65. The SMILES string of the molecule is Cn1ccc([C@@]2(C)C[C@@H](C(=O)Nc3cnc(-n4nccn4)c(Cl)c3)c3cnc4cc(Cl)nn4c32)n1. The summed E-state index contributed by atoms with van der Waals surface area (Å²) < 4.78 is 3.45. The van der Waals surface area contributed by atoms with Gasteiger partial charge >= 0.3 is 0 Å². The van der Waals surface area contributed by atoms with E-state index in [-0.39, 0.29) is 5.91 Å². The van der Waals surface area contributed by atoms with E-state index in [1.807, 2.05) is 19.3 Å². The van der Waals surface area contributed by atoms with Crippen LogP contribution in [0.4, 0.5) is 5.69 Å². The van der Waals surface area contributed by atoms with Gasteiger partial charge in [0, 0.05) is 31.1 Å². The highest BCUT2D eigenvalue weighted by Crippen LogP contribution is 2.49. The summed E-state index contributed by atoms with van der Waals surface area (Å²) in [5.41, 5.74) is 2.90. The molecule has 13 heteroatoms. The molecule has 1 aliphatic carbocycles. The molecule has 35 heavy (non-hydrogen) atoms. The van der Waals surface area contributed by atoms with Crippen LogP contribution in [-0.2, 0) is 17.3 Å². The number of halogens is 2. The van der Waals surface area contributed by atoms with Crippen molar-refractivity contribution in [1.82, 2.24) is 44.4 Å². The number of hydrogen-bond donors (Lipinski definition) is 1. The molecule has 5 aromatic heterocycles. The summed E-state index contributed by atoms with van der Waals surface area (Å²) in [6, 6.07) is 5.26. The fourth-order valence-corrected chi connectivity index (χ4v) is 5.13. The van der Waals surface area contributed by atoms with E-state index < -0.39 is 11.3 Å². The van der Waals surface area contributed by atoms with Crippen molar-refractivity contribution in [3.8, 4) is 5.82 Å². The number of carbonyl (C=O) groups excluding carboxylic acids is 1. The number of amides is 1. The maximum atomic E-state index is 13.5. The number of nitrogens with zero attached hydrogens (tertiary/aromatic N) is 9. The highest BCUT2D eigenvalue weighted by molar-refractivity contribution is 6.32. The van der Waals surface area contributed by atoms with Crippen molar-refractivity contribution in [3.63, 3.8) is 0 Å². The Labute approximate surface area is 208 Å². The summed E-state index contributed by atoms with van der Waals surface area (Å²) >= 11 is 12.6. The van der Waals surface area contributed by atoms with E-state index in [1.54, 1.807) is 27.5 Å². The molecule has 0 spiro atoms. The summed E-state index contributed by atoms with van der Waals surface area (Å²) in [5.74, 6) is -0.359.